The molecule has 31 heavy (non-hydrogen) atoms. The van der Waals surface area contributed by atoms with Gasteiger partial charge < -0.3 is 24.3 Å². The van der Waals surface area contributed by atoms with E-state index < -0.39 is 0 Å². The van der Waals surface area contributed by atoms with Crippen LogP contribution in [-0.4, -0.2) is 62.0 Å². The van der Waals surface area contributed by atoms with Crippen LogP contribution < -0.4 is 10.1 Å². The van der Waals surface area contributed by atoms with Gasteiger partial charge >= 0.3 is 0 Å². The largest absolute Gasteiger partial charge is 0.495 e. The number of fused-ring (bicyclic) bond motifs is 1. The molecule has 0 bridgehead atoms. The van der Waals surface area contributed by atoms with Crippen LogP contribution in [0.4, 0.5) is 5.69 Å². The van der Waals surface area contributed by atoms with E-state index in [9.17, 15) is 9.59 Å². The minimum absolute atomic E-state index is 0.0394. The fourth-order valence-electron chi connectivity index (χ4n) is 3.83. The third kappa shape index (κ3) is 4.56. The number of piperazine rings is 1. The number of anilines is 1. The van der Waals surface area contributed by atoms with Crippen molar-refractivity contribution in [3.8, 4) is 5.75 Å². The first-order chi connectivity index (χ1) is 14.9. The zero-order chi connectivity index (χ0) is 22.0. The van der Waals surface area contributed by atoms with E-state index in [-0.39, 0.29) is 18.2 Å². The van der Waals surface area contributed by atoms with E-state index in [2.05, 4.69) is 10.2 Å². The summed E-state index contributed by atoms with van der Waals surface area (Å²) in [7, 11) is 3.59. The molecule has 0 saturated carbocycles. The molecule has 7 heteroatoms. The summed E-state index contributed by atoms with van der Waals surface area (Å²) in [6, 6.07) is 11.1. The summed E-state index contributed by atoms with van der Waals surface area (Å²) in [6.45, 7) is 5.08. The van der Waals surface area contributed by atoms with Gasteiger partial charge in [0.15, 0.2) is 0 Å². The van der Waals surface area contributed by atoms with Gasteiger partial charge in [-0.15, -0.1) is 0 Å². The molecule has 1 fully saturated rings. The SMILES string of the molecule is COc1ccc(C(=O)N2CCN(C)CC2)cc1NC(=O)Cc1coc2cc(C)ccc12. The number of nitrogens with zero attached hydrogens (tertiary/aromatic N) is 2. The number of methoxy groups -OCH3 is 1. The highest BCUT2D eigenvalue weighted by Gasteiger charge is 2.22. The Bertz CT molecular complexity index is 1110. The molecule has 2 heterocycles. The molecule has 0 radical (unpaired) electrons. The Labute approximate surface area is 181 Å². The molecule has 2 amide bonds. The molecular weight excluding hydrogens is 394 g/mol. The second kappa shape index (κ2) is 8.81. The molecule has 1 aliphatic heterocycles. The Morgan fingerprint density at radius 3 is 2.61 bits per heavy atom. The number of hydrogen-bond acceptors (Lipinski definition) is 5. The lowest BCUT2D eigenvalue weighted by Gasteiger charge is -2.32. The maximum absolute atomic E-state index is 12.9. The van der Waals surface area contributed by atoms with Crippen LogP contribution in [0.3, 0.4) is 0 Å². The number of aryl methyl sites for hydroxylation is 1. The second-order valence-electron chi connectivity index (χ2n) is 8.00. The van der Waals surface area contributed by atoms with Crippen molar-refractivity contribution >= 4 is 28.5 Å². The summed E-state index contributed by atoms with van der Waals surface area (Å²) in [6.07, 6.45) is 1.78. The Morgan fingerprint density at radius 1 is 1.10 bits per heavy atom. The molecule has 4 rings (SSSR count). The average molecular weight is 421 g/mol. The molecule has 1 saturated heterocycles. The van der Waals surface area contributed by atoms with E-state index in [1.54, 1.807) is 31.6 Å². The topological polar surface area (TPSA) is 75.0 Å². The summed E-state index contributed by atoms with van der Waals surface area (Å²) in [4.78, 5) is 29.7. The number of hydrogen-bond donors (Lipinski definition) is 1. The zero-order valence-electron chi connectivity index (χ0n) is 18.1. The third-order valence-electron chi connectivity index (χ3n) is 5.67. The van der Waals surface area contributed by atoms with Crippen molar-refractivity contribution in [2.24, 2.45) is 0 Å². The molecular formula is C24H27N3O4. The summed E-state index contributed by atoms with van der Waals surface area (Å²) < 4.78 is 11.0. The first kappa shape index (κ1) is 20.9. The van der Waals surface area contributed by atoms with Crippen LogP contribution in [0.25, 0.3) is 11.0 Å². The highest BCUT2D eigenvalue weighted by molar-refractivity contribution is 6.00. The van der Waals surface area contributed by atoms with Gasteiger partial charge in [-0.2, -0.15) is 0 Å². The predicted molar refractivity (Wildman–Crippen MR) is 120 cm³/mol. The van der Waals surface area contributed by atoms with Gasteiger partial charge in [0.05, 0.1) is 25.5 Å². The minimum atomic E-state index is -0.203. The fraction of sp³-hybridized carbons (Fsp3) is 0.333. The Kier molecular flexibility index (Phi) is 5.95. The Balaban J connectivity index is 1.50. The van der Waals surface area contributed by atoms with Crippen molar-refractivity contribution in [2.45, 2.75) is 13.3 Å². The van der Waals surface area contributed by atoms with Crippen molar-refractivity contribution < 1.29 is 18.7 Å². The number of ether oxygens (including phenoxy) is 1. The lowest BCUT2D eigenvalue weighted by Crippen LogP contribution is -2.47. The first-order valence-corrected chi connectivity index (χ1v) is 10.4. The van der Waals surface area contributed by atoms with E-state index in [1.807, 2.05) is 37.1 Å². The number of nitrogens with one attached hydrogen (secondary N) is 1. The second-order valence-corrected chi connectivity index (χ2v) is 8.00. The maximum atomic E-state index is 12.9. The van der Waals surface area contributed by atoms with E-state index in [0.717, 1.165) is 35.2 Å². The molecule has 0 unspecified atom stereocenters. The molecule has 2 aromatic carbocycles. The number of amides is 2. The molecule has 1 N–H and O–H groups in total. The van der Waals surface area contributed by atoms with Crippen molar-refractivity contribution in [2.75, 3.05) is 45.7 Å². The van der Waals surface area contributed by atoms with Gasteiger partial charge in [0.1, 0.15) is 11.3 Å². The number of likely N-dealkylation sites (N-methyl/N-ethyl adjacent to an activating group) is 1. The first-order valence-electron chi connectivity index (χ1n) is 10.4. The van der Waals surface area contributed by atoms with Crippen LogP contribution >= 0.6 is 0 Å². The molecule has 162 valence electrons. The molecule has 0 aliphatic carbocycles. The van der Waals surface area contributed by atoms with Crippen LogP contribution in [0.15, 0.2) is 47.1 Å². The average Bonchev–Trinajstić information content (AvgIpc) is 3.15. The van der Waals surface area contributed by atoms with Crippen LogP contribution in [0, 0.1) is 6.92 Å². The normalized spacial score (nSPS) is 14.6. The fourth-order valence-corrected chi connectivity index (χ4v) is 3.83. The van der Waals surface area contributed by atoms with Crippen LogP contribution in [0.5, 0.6) is 5.75 Å². The monoisotopic (exact) mass is 421 g/mol. The number of benzene rings is 2. The van der Waals surface area contributed by atoms with Gasteiger partial charge in [0.2, 0.25) is 5.91 Å². The lowest BCUT2D eigenvalue weighted by atomic mass is 10.1. The van der Waals surface area contributed by atoms with Gasteiger partial charge in [0.25, 0.3) is 5.91 Å². The van der Waals surface area contributed by atoms with E-state index in [1.165, 1.54) is 0 Å². The molecule has 0 atom stereocenters. The quantitative estimate of drug-likeness (QED) is 0.684. The number of rotatable bonds is 5. The van der Waals surface area contributed by atoms with Crippen molar-refractivity contribution in [1.29, 1.82) is 0 Å². The molecule has 1 aromatic heterocycles. The number of carbonyl (C=O) groups excluding carboxylic acids is 2. The minimum Gasteiger partial charge on any atom is -0.495 e. The molecule has 7 nitrogen and oxygen atoms in total. The van der Waals surface area contributed by atoms with Crippen molar-refractivity contribution in [3.05, 3.63) is 59.4 Å². The standard InChI is InChI=1S/C24H27N3O4/c1-16-4-6-19-18(15-31-22(19)12-16)14-23(28)25-20-13-17(5-7-21(20)30-3)24(29)27-10-8-26(2)9-11-27/h4-7,12-13,15H,8-11,14H2,1-3H3,(H,25,28). The summed E-state index contributed by atoms with van der Waals surface area (Å²) in [5.74, 6) is 0.268. The van der Waals surface area contributed by atoms with E-state index in [4.69, 9.17) is 9.15 Å². The van der Waals surface area contributed by atoms with Gasteiger partial charge in [-0.3, -0.25) is 9.59 Å². The maximum Gasteiger partial charge on any atom is 0.254 e. The zero-order valence-corrected chi connectivity index (χ0v) is 18.1. The third-order valence-corrected chi connectivity index (χ3v) is 5.67. The Morgan fingerprint density at radius 2 is 1.87 bits per heavy atom. The predicted octanol–water partition coefficient (Wildman–Crippen LogP) is 3.32. The smallest absolute Gasteiger partial charge is 0.254 e. The summed E-state index contributed by atoms with van der Waals surface area (Å²) >= 11 is 0. The Hall–Kier alpha value is -3.32. The summed E-state index contributed by atoms with van der Waals surface area (Å²) in [5.41, 5.74) is 3.70. The highest BCUT2D eigenvalue weighted by atomic mass is 16.5. The van der Waals surface area contributed by atoms with Crippen LogP contribution in [-0.2, 0) is 11.2 Å². The molecule has 1 aliphatic rings. The number of furan rings is 1. The van der Waals surface area contributed by atoms with E-state index >= 15 is 0 Å². The summed E-state index contributed by atoms with van der Waals surface area (Å²) in [5, 5.41) is 3.82. The van der Waals surface area contributed by atoms with E-state index in [0.29, 0.717) is 30.1 Å². The van der Waals surface area contributed by atoms with Gasteiger partial charge in [-0.25, -0.2) is 0 Å². The van der Waals surface area contributed by atoms with Crippen molar-refractivity contribution in [3.63, 3.8) is 0 Å². The molecule has 3 aromatic rings. The lowest BCUT2D eigenvalue weighted by molar-refractivity contribution is -0.115. The van der Waals surface area contributed by atoms with Gasteiger partial charge in [-0.05, 0) is 43.8 Å². The molecule has 0 spiro atoms. The number of carbonyl (C=O) groups is 2. The van der Waals surface area contributed by atoms with Crippen LogP contribution in [0.1, 0.15) is 21.5 Å². The van der Waals surface area contributed by atoms with Gasteiger partial charge in [0, 0.05) is 42.7 Å². The highest BCUT2D eigenvalue weighted by Crippen LogP contribution is 2.28. The van der Waals surface area contributed by atoms with Crippen molar-refractivity contribution in [1.82, 2.24) is 9.80 Å². The van der Waals surface area contributed by atoms with Gasteiger partial charge in [-0.1, -0.05) is 12.1 Å². The van der Waals surface area contributed by atoms with Crippen LogP contribution in [0.2, 0.25) is 0 Å².